The Bertz CT molecular complexity index is 453. The van der Waals surface area contributed by atoms with Gasteiger partial charge >= 0.3 is 0 Å². The van der Waals surface area contributed by atoms with Crippen LogP contribution in [0.2, 0.25) is 0 Å². The highest BCUT2D eigenvalue weighted by atomic mass is 32.1. The fourth-order valence-electron chi connectivity index (χ4n) is 1.28. The van der Waals surface area contributed by atoms with Crippen molar-refractivity contribution in [3.63, 3.8) is 0 Å². The van der Waals surface area contributed by atoms with Crippen molar-refractivity contribution in [3.05, 3.63) is 28.6 Å². The average molecular weight is 234 g/mol. The number of aromatic nitrogens is 2. The van der Waals surface area contributed by atoms with Crippen molar-refractivity contribution in [3.8, 4) is 0 Å². The van der Waals surface area contributed by atoms with Gasteiger partial charge < -0.3 is 10.6 Å². The van der Waals surface area contributed by atoms with Crippen LogP contribution in [0.5, 0.6) is 0 Å². The first-order chi connectivity index (χ1) is 7.79. The van der Waals surface area contributed by atoms with Crippen LogP contribution in [0.1, 0.15) is 12.5 Å². The monoisotopic (exact) mass is 234 g/mol. The summed E-state index contributed by atoms with van der Waals surface area (Å²) >= 11 is 1.66. The molecule has 2 heterocycles. The summed E-state index contributed by atoms with van der Waals surface area (Å²) in [5.41, 5.74) is 2.10. The summed E-state index contributed by atoms with van der Waals surface area (Å²) in [7, 11) is 0. The Morgan fingerprint density at radius 3 is 3.00 bits per heavy atom. The van der Waals surface area contributed by atoms with Crippen LogP contribution in [0.15, 0.2) is 23.0 Å². The van der Waals surface area contributed by atoms with Gasteiger partial charge in [-0.15, -0.1) is 0 Å². The van der Waals surface area contributed by atoms with E-state index in [0.29, 0.717) is 5.95 Å². The summed E-state index contributed by atoms with van der Waals surface area (Å²) in [6.45, 7) is 4.83. The SMILES string of the molecule is CCNc1ncc(C)c(Nc2ccsc2)n1. The van der Waals surface area contributed by atoms with Gasteiger partial charge in [-0.1, -0.05) is 0 Å². The maximum atomic E-state index is 4.41. The smallest absolute Gasteiger partial charge is 0.224 e. The van der Waals surface area contributed by atoms with Crippen molar-refractivity contribution in [1.82, 2.24) is 9.97 Å². The normalized spacial score (nSPS) is 10.1. The van der Waals surface area contributed by atoms with E-state index < -0.39 is 0 Å². The summed E-state index contributed by atoms with van der Waals surface area (Å²) in [6, 6.07) is 2.03. The van der Waals surface area contributed by atoms with Crippen molar-refractivity contribution >= 4 is 28.8 Å². The molecule has 5 heteroatoms. The molecule has 0 bridgehead atoms. The van der Waals surface area contributed by atoms with Gasteiger partial charge in [0.1, 0.15) is 5.82 Å². The minimum Gasteiger partial charge on any atom is -0.354 e. The second-order valence-corrected chi connectivity index (χ2v) is 4.17. The second kappa shape index (κ2) is 4.94. The van der Waals surface area contributed by atoms with E-state index in [9.17, 15) is 0 Å². The van der Waals surface area contributed by atoms with Gasteiger partial charge in [0.2, 0.25) is 5.95 Å². The summed E-state index contributed by atoms with van der Waals surface area (Å²) in [6.07, 6.45) is 1.82. The molecule has 0 aliphatic heterocycles. The van der Waals surface area contributed by atoms with Gasteiger partial charge in [0, 0.05) is 23.7 Å². The van der Waals surface area contributed by atoms with Crippen molar-refractivity contribution < 1.29 is 0 Å². The summed E-state index contributed by atoms with van der Waals surface area (Å²) in [5.74, 6) is 1.51. The maximum absolute atomic E-state index is 4.41. The minimum atomic E-state index is 0.658. The molecule has 0 saturated carbocycles. The van der Waals surface area contributed by atoms with Gasteiger partial charge in [-0.3, -0.25) is 0 Å². The third-order valence-corrected chi connectivity index (χ3v) is 2.77. The van der Waals surface area contributed by atoms with E-state index in [0.717, 1.165) is 23.6 Å². The molecule has 0 atom stereocenters. The van der Waals surface area contributed by atoms with Crippen molar-refractivity contribution in [2.75, 3.05) is 17.2 Å². The highest BCUT2D eigenvalue weighted by molar-refractivity contribution is 7.08. The molecule has 2 N–H and O–H groups in total. The molecular weight excluding hydrogens is 220 g/mol. The molecule has 0 fully saturated rings. The van der Waals surface area contributed by atoms with Crippen molar-refractivity contribution in [1.29, 1.82) is 0 Å². The first-order valence-corrected chi connectivity index (χ1v) is 6.10. The van der Waals surface area contributed by atoms with Crippen LogP contribution >= 0.6 is 11.3 Å². The van der Waals surface area contributed by atoms with E-state index in [1.807, 2.05) is 31.5 Å². The van der Waals surface area contributed by atoms with E-state index in [2.05, 4.69) is 26.0 Å². The lowest BCUT2D eigenvalue weighted by Gasteiger charge is -2.08. The number of hydrogen-bond donors (Lipinski definition) is 2. The van der Waals surface area contributed by atoms with Gasteiger partial charge in [0.25, 0.3) is 0 Å². The van der Waals surface area contributed by atoms with Crippen molar-refractivity contribution in [2.45, 2.75) is 13.8 Å². The highest BCUT2D eigenvalue weighted by Gasteiger charge is 2.03. The molecular formula is C11H14N4S. The number of rotatable bonds is 4. The van der Waals surface area contributed by atoms with Gasteiger partial charge in [0.05, 0.1) is 5.69 Å². The summed E-state index contributed by atoms with van der Waals surface area (Å²) in [4.78, 5) is 8.61. The van der Waals surface area contributed by atoms with Gasteiger partial charge in [-0.25, -0.2) is 4.98 Å². The molecule has 2 aromatic rings. The van der Waals surface area contributed by atoms with Gasteiger partial charge in [-0.2, -0.15) is 16.3 Å². The molecule has 0 spiro atoms. The van der Waals surface area contributed by atoms with Crippen LogP contribution < -0.4 is 10.6 Å². The van der Waals surface area contributed by atoms with Crippen LogP contribution in [-0.2, 0) is 0 Å². The topological polar surface area (TPSA) is 49.8 Å². The standard InChI is InChI=1S/C11H14N4S/c1-3-12-11-13-6-8(2)10(15-11)14-9-4-5-16-7-9/h4-7H,3H2,1-2H3,(H2,12,13,14,15). The maximum Gasteiger partial charge on any atom is 0.224 e. The summed E-state index contributed by atoms with van der Waals surface area (Å²) in [5, 5.41) is 10.4. The van der Waals surface area contributed by atoms with Gasteiger partial charge in [-0.05, 0) is 25.3 Å². The highest BCUT2D eigenvalue weighted by Crippen LogP contribution is 2.20. The lowest BCUT2D eigenvalue weighted by atomic mass is 10.3. The van der Waals surface area contributed by atoms with E-state index in [1.165, 1.54) is 0 Å². The van der Waals surface area contributed by atoms with E-state index >= 15 is 0 Å². The Labute approximate surface area is 98.8 Å². The lowest BCUT2D eigenvalue weighted by Crippen LogP contribution is -2.05. The fraction of sp³-hybridized carbons (Fsp3) is 0.273. The molecule has 4 nitrogen and oxygen atoms in total. The number of nitrogens with one attached hydrogen (secondary N) is 2. The quantitative estimate of drug-likeness (QED) is 0.853. The molecule has 2 rings (SSSR count). The minimum absolute atomic E-state index is 0.658. The van der Waals surface area contributed by atoms with Crippen LogP contribution in [0.3, 0.4) is 0 Å². The first kappa shape index (κ1) is 10.9. The van der Waals surface area contributed by atoms with Crippen LogP contribution in [0.4, 0.5) is 17.5 Å². The molecule has 0 aliphatic carbocycles. The predicted molar refractivity (Wildman–Crippen MR) is 68.5 cm³/mol. The molecule has 2 aromatic heterocycles. The number of aryl methyl sites for hydroxylation is 1. The Morgan fingerprint density at radius 2 is 2.31 bits per heavy atom. The molecule has 0 amide bonds. The van der Waals surface area contributed by atoms with Gasteiger partial charge in [0.15, 0.2) is 0 Å². The zero-order chi connectivity index (χ0) is 11.4. The third-order valence-electron chi connectivity index (χ3n) is 2.09. The number of nitrogens with zero attached hydrogens (tertiary/aromatic N) is 2. The van der Waals surface area contributed by atoms with Crippen LogP contribution in [0, 0.1) is 6.92 Å². The van der Waals surface area contributed by atoms with Crippen LogP contribution in [0.25, 0.3) is 0 Å². The molecule has 0 radical (unpaired) electrons. The molecule has 0 aliphatic rings. The second-order valence-electron chi connectivity index (χ2n) is 3.39. The molecule has 0 saturated heterocycles. The number of hydrogen-bond acceptors (Lipinski definition) is 5. The Balaban J connectivity index is 2.21. The molecule has 16 heavy (non-hydrogen) atoms. The number of anilines is 3. The largest absolute Gasteiger partial charge is 0.354 e. The zero-order valence-electron chi connectivity index (χ0n) is 9.32. The van der Waals surface area contributed by atoms with Crippen LogP contribution in [-0.4, -0.2) is 16.5 Å². The number of thiophene rings is 1. The third kappa shape index (κ3) is 2.49. The average Bonchev–Trinajstić information content (AvgIpc) is 2.76. The Kier molecular flexibility index (Phi) is 3.36. The first-order valence-electron chi connectivity index (χ1n) is 5.16. The lowest BCUT2D eigenvalue weighted by molar-refractivity contribution is 1.07. The molecule has 0 unspecified atom stereocenters. The Hall–Kier alpha value is -1.62. The van der Waals surface area contributed by atoms with Crippen molar-refractivity contribution in [2.24, 2.45) is 0 Å². The van der Waals surface area contributed by atoms with E-state index in [4.69, 9.17) is 0 Å². The summed E-state index contributed by atoms with van der Waals surface area (Å²) < 4.78 is 0. The molecule has 84 valence electrons. The Morgan fingerprint density at radius 1 is 1.44 bits per heavy atom. The van der Waals surface area contributed by atoms with E-state index in [-0.39, 0.29) is 0 Å². The van der Waals surface area contributed by atoms with E-state index in [1.54, 1.807) is 11.3 Å². The molecule has 0 aromatic carbocycles. The zero-order valence-corrected chi connectivity index (χ0v) is 10.1. The predicted octanol–water partition coefficient (Wildman–Crippen LogP) is 3.02. The fourth-order valence-corrected chi connectivity index (χ4v) is 1.87.